The van der Waals surface area contributed by atoms with Gasteiger partial charge >= 0.3 is 0 Å². The summed E-state index contributed by atoms with van der Waals surface area (Å²) in [5, 5.41) is 3.53. The van der Waals surface area contributed by atoms with E-state index in [0.29, 0.717) is 6.04 Å². The summed E-state index contributed by atoms with van der Waals surface area (Å²) in [6.07, 6.45) is 8.67. The van der Waals surface area contributed by atoms with Crippen LogP contribution in [-0.4, -0.2) is 16.0 Å². The third-order valence-electron chi connectivity index (χ3n) is 2.39. The lowest BCUT2D eigenvalue weighted by molar-refractivity contribution is 0.438. The maximum absolute atomic E-state index is 4.19. The smallest absolute Gasteiger partial charge is 0.120 e. The van der Waals surface area contributed by atoms with E-state index >= 15 is 0 Å². The average molecular weight is 195 g/mol. The van der Waals surface area contributed by atoms with Gasteiger partial charge in [-0.2, -0.15) is 0 Å². The molecule has 0 aliphatic rings. The highest BCUT2D eigenvalue weighted by Crippen LogP contribution is 2.05. The van der Waals surface area contributed by atoms with E-state index in [1.54, 1.807) is 6.20 Å². The minimum Gasteiger partial charge on any atom is -0.348 e. The minimum atomic E-state index is 0.648. The standard InChI is InChI=1S/C11H21N3/c1-3-5-10(6-4-2)14-9-11-12-7-8-13-11/h7-8,10,14H,3-6,9H2,1-2H3,(H,12,13). The van der Waals surface area contributed by atoms with Crippen LogP contribution in [0.1, 0.15) is 45.4 Å². The quantitative estimate of drug-likeness (QED) is 0.701. The van der Waals surface area contributed by atoms with E-state index in [1.165, 1.54) is 25.7 Å². The van der Waals surface area contributed by atoms with Gasteiger partial charge in [0.15, 0.2) is 0 Å². The van der Waals surface area contributed by atoms with Crippen LogP contribution in [0.25, 0.3) is 0 Å². The SMILES string of the molecule is CCCC(CCC)NCc1ncc[nH]1. The first-order valence-electron chi connectivity index (χ1n) is 5.58. The third kappa shape index (κ3) is 3.92. The molecular weight excluding hydrogens is 174 g/mol. The Hall–Kier alpha value is -0.830. The molecule has 0 saturated carbocycles. The molecule has 1 rings (SSSR count). The summed E-state index contributed by atoms with van der Waals surface area (Å²) >= 11 is 0. The van der Waals surface area contributed by atoms with Gasteiger partial charge in [0.05, 0.1) is 6.54 Å². The van der Waals surface area contributed by atoms with E-state index in [-0.39, 0.29) is 0 Å². The summed E-state index contributed by atoms with van der Waals surface area (Å²) in [6, 6.07) is 0.648. The zero-order chi connectivity index (χ0) is 10.2. The highest BCUT2D eigenvalue weighted by Gasteiger charge is 2.05. The molecule has 0 radical (unpaired) electrons. The summed E-state index contributed by atoms with van der Waals surface area (Å²) in [7, 11) is 0. The van der Waals surface area contributed by atoms with Crippen molar-refractivity contribution in [3.8, 4) is 0 Å². The molecule has 2 N–H and O–H groups in total. The summed E-state index contributed by atoms with van der Waals surface area (Å²) in [5.41, 5.74) is 0. The van der Waals surface area contributed by atoms with Gasteiger partial charge in [-0.1, -0.05) is 26.7 Å². The highest BCUT2D eigenvalue weighted by molar-refractivity contribution is 4.86. The summed E-state index contributed by atoms with van der Waals surface area (Å²) in [6.45, 7) is 5.33. The zero-order valence-corrected chi connectivity index (χ0v) is 9.21. The third-order valence-corrected chi connectivity index (χ3v) is 2.39. The number of imidazole rings is 1. The van der Waals surface area contributed by atoms with E-state index < -0.39 is 0 Å². The van der Waals surface area contributed by atoms with Gasteiger partial charge in [-0.15, -0.1) is 0 Å². The molecule has 0 unspecified atom stereocenters. The predicted molar refractivity (Wildman–Crippen MR) is 59.0 cm³/mol. The van der Waals surface area contributed by atoms with Crippen LogP contribution in [0.4, 0.5) is 0 Å². The maximum atomic E-state index is 4.19. The lowest BCUT2D eigenvalue weighted by atomic mass is 10.1. The Kier molecular flexibility index (Phi) is 5.30. The lowest BCUT2D eigenvalue weighted by Gasteiger charge is -2.16. The molecule has 3 heteroatoms. The minimum absolute atomic E-state index is 0.648. The average Bonchev–Trinajstić information content (AvgIpc) is 2.67. The first-order chi connectivity index (χ1) is 6.86. The molecule has 0 fully saturated rings. The van der Waals surface area contributed by atoms with Gasteiger partial charge in [0.25, 0.3) is 0 Å². The Bertz CT molecular complexity index is 212. The van der Waals surface area contributed by atoms with Crippen LogP contribution >= 0.6 is 0 Å². The van der Waals surface area contributed by atoms with Crippen LogP contribution in [0.2, 0.25) is 0 Å². The lowest BCUT2D eigenvalue weighted by Crippen LogP contribution is -2.28. The first kappa shape index (κ1) is 11.2. The molecule has 0 spiro atoms. The second-order valence-electron chi connectivity index (χ2n) is 3.69. The van der Waals surface area contributed by atoms with Gasteiger partial charge in [0.2, 0.25) is 0 Å². The van der Waals surface area contributed by atoms with Crippen LogP contribution in [0.15, 0.2) is 12.4 Å². The molecule has 1 aromatic heterocycles. The van der Waals surface area contributed by atoms with Gasteiger partial charge in [-0.3, -0.25) is 0 Å². The maximum Gasteiger partial charge on any atom is 0.120 e. The van der Waals surface area contributed by atoms with Crippen LogP contribution in [0, 0.1) is 0 Å². The van der Waals surface area contributed by atoms with E-state index in [2.05, 4.69) is 29.1 Å². The molecule has 80 valence electrons. The van der Waals surface area contributed by atoms with E-state index in [4.69, 9.17) is 0 Å². The number of aromatic nitrogens is 2. The van der Waals surface area contributed by atoms with Gasteiger partial charge in [0.1, 0.15) is 5.82 Å². The fourth-order valence-corrected chi connectivity index (χ4v) is 1.68. The number of nitrogens with one attached hydrogen (secondary N) is 2. The van der Waals surface area contributed by atoms with Crippen molar-refractivity contribution in [2.24, 2.45) is 0 Å². The molecule has 0 aliphatic heterocycles. The molecule has 1 heterocycles. The van der Waals surface area contributed by atoms with Crippen molar-refractivity contribution in [3.05, 3.63) is 18.2 Å². The molecule has 0 amide bonds. The van der Waals surface area contributed by atoms with Crippen LogP contribution in [0.3, 0.4) is 0 Å². The van der Waals surface area contributed by atoms with Crippen molar-refractivity contribution < 1.29 is 0 Å². The molecule has 14 heavy (non-hydrogen) atoms. The molecule has 3 nitrogen and oxygen atoms in total. The van der Waals surface area contributed by atoms with Crippen molar-refractivity contribution in [2.75, 3.05) is 0 Å². The molecule has 0 aliphatic carbocycles. The van der Waals surface area contributed by atoms with Gasteiger partial charge in [-0.05, 0) is 12.8 Å². The zero-order valence-electron chi connectivity index (χ0n) is 9.21. The monoisotopic (exact) mass is 195 g/mol. The Labute approximate surface area is 86.3 Å². The van der Waals surface area contributed by atoms with E-state index in [0.717, 1.165) is 12.4 Å². The normalized spacial score (nSPS) is 11.1. The van der Waals surface area contributed by atoms with Gasteiger partial charge < -0.3 is 10.3 Å². The molecule has 1 aromatic rings. The van der Waals surface area contributed by atoms with Crippen molar-refractivity contribution in [2.45, 2.75) is 52.1 Å². The number of nitrogens with zero attached hydrogens (tertiary/aromatic N) is 1. The van der Waals surface area contributed by atoms with Crippen molar-refractivity contribution >= 4 is 0 Å². The Balaban J connectivity index is 2.25. The van der Waals surface area contributed by atoms with Crippen molar-refractivity contribution in [1.82, 2.24) is 15.3 Å². The Morgan fingerprint density at radius 3 is 2.57 bits per heavy atom. The number of aromatic amines is 1. The highest BCUT2D eigenvalue weighted by atomic mass is 15.0. The predicted octanol–water partition coefficient (Wildman–Crippen LogP) is 2.47. The van der Waals surface area contributed by atoms with Crippen molar-refractivity contribution in [3.63, 3.8) is 0 Å². The van der Waals surface area contributed by atoms with Crippen LogP contribution in [0.5, 0.6) is 0 Å². The summed E-state index contributed by atoms with van der Waals surface area (Å²) < 4.78 is 0. The second-order valence-corrected chi connectivity index (χ2v) is 3.69. The number of rotatable bonds is 7. The molecule has 0 aromatic carbocycles. The largest absolute Gasteiger partial charge is 0.348 e. The molecule has 0 bridgehead atoms. The number of hydrogen-bond acceptors (Lipinski definition) is 2. The molecule has 0 atom stereocenters. The Morgan fingerprint density at radius 2 is 2.07 bits per heavy atom. The van der Waals surface area contributed by atoms with Gasteiger partial charge in [0, 0.05) is 18.4 Å². The Morgan fingerprint density at radius 1 is 1.36 bits per heavy atom. The summed E-state index contributed by atoms with van der Waals surface area (Å²) in [4.78, 5) is 7.29. The fraction of sp³-hybridized carbons (Fsp3) is 0.727. The first-order valence-corrected chi connectivity index (χ1v) is 5.58. The van der Waals surface area contributed by atoms with E-state index in [9.17, 15) is 0 Å². The van der Waals surface area contributed by atoms with E-state index in [1.807, 2.05) is 6.20 Å². The van der Waals surface area contributed by atoms with Crippen LogP contribution in [-0.2, 0) is 6.54 Å². The van der Waals surface area contributed by atoms with Gasteiger partial charge in [-0.25, -0.2) is 4.98 Å². The molecular formula is C11H21N3. The fourth-order valence-electron chi connectivity index (χ4n) is 1.68. The molecule has 0 saturated heterocycles. The summed E-state index contributed by atoms with van der Waals surface area (Å²) in [5.74, 6) is 1.03. The van der Waals surface area contributed by atoms with Crippen molar-refractivity contribution in [1.29, 1.82) is 0 Å². The second kappa shape index (κ2) is 6.60. The number of hydrogen-bond donors (Lipinski definition) is 2. The number of H-pyrrole nitrogens is 1. The topological polar surface area (TPSA) is 40.7 Å². The van der Waals surface area contributed by atoms with Crippen LogP contribution < -0.4 is 5.32 Å².